The number of nitriles is 1. The number of pyridine rings is 1. The number of ether oxygens (including phenoxy) is 2. The molecule has 19 heavy (non-hydrogen) atoms. The normalized spacial score (nSPS) is 9.79. The summed E-state index contributed by atoms with van der Waals surface area (Å²) >= 11 is 0. The SMILES string of the molecule is COc1ccc(OC)c(-c2ccc(C#N)c(C)n2)c1. The molecule has 2 aromatic rings. The van der Waals surface area contributed by atoms with Crippen LogP contribution in [-0.4, -0.2) is 19.2 Å². The van der Waals surface area contributed by atoms with E-state index in [-0.39, 0.29) is 0 Å². The number of methoxy groups -OCH3 is 2. The number of aromatic nitrogens is 1. The lowest BCUT2D eigenvalue weighted by molar-refractivity contribution is 0.404. The highest BCUT2D eigenvalue weighted by Crippen LogP contribution is 2.32. The summed E-state index contributed by atoms with van der Waals surface area (Å²) in [7, 11) is 3.23. The Bertz CT molecular complexity index is 645. The molecule has 0 unspecified atom stereocenters. The van der Waals surface area contributed by atoms with E-state index in [1.807, 2.05) is 31.2 Å². The summed E-state index contributed by atoms with van der Waals surface area (Å²) in [5.41, 5.74) is 2.87. The Morgan fingerprint density at radius 2 is 1.89 bits per heavy atom. The monoisotopic (exact) mass is 254 g/mol. The van der Waals surface area contributed by atoms with Crippen molar-refractivity contribution in [3.63, 3.8) is 0 Å². The Hall–Kier alpha value is -2.54. The molecule has 0 saturated heterocycles. The van der Waals surface area contributed by atoms with E-state index in [0.29, 0.717) is 11.3 Å². The summed E-state index contributed by atoms with van der Waals surface area (Å²) in [6.07, 6.45) is 0. The van der Waals surface area contributed by atoms with Crippen molar-refractivity contribution in [1.29, 1.82) is 5.26 Å². The van der Waals surface area contributed by atoms with Gasteiger partial charge in [-0.3, -0.25) is 4.98 Å². The smallest absolute Gasteiger partial charge is 0.128 e. The number of aryl methyl sites for hydroxylation is 1. The van der Waals surface area contributed by atoms with Crippen molar-refractivity contribution in [2.75, 3.05) is 14.2 Å². The van der Waals surface area contributed by atoms with Gasteiger partial charge in [-0.15, -0.1) is 0 Å². The summed E-state index contributed by atoms with van der Waals surface area (Å²) in [4.78, 5) is 4.44. The minimum absolute atomic E-state index is 0.575. The molecule has 0 aliphatic heterocycles. The van der Waals surface area contributed by atoms with Crippen LogP contribution in [0.15, 0.2) is 30.3 Å². The van der Waals surface area contributed by atoms with Gasteiger partial charge in [-0.2, -0.15) is 5.26 Å². The Morgan fingerprint density at radius 1 is 1.11 bits per heavy atom. The molecule has 0 atom stereocenters. The summed E-state index contributed by atoms with van der Waals surface area (Å²) in [6.45, 7) is 1.81. The van der Waals surface area contributed by atoms with E-state index in [0.717, 1.165) is 22.8 Å². The van der Waals surface area contributed by atoms with Crippen LogP contribution >= 0.6 is 0 Å². The molecule has 0 aliphatic carbocycles. The fraction of sp³-hybridized carbons (Fsp3) is 0.200. The van der Waals surface area contributed by atoms with E-state index in [1.54, 1.807) is 20.3 Å². The van der Waals surface area contributed by atoms with Crippen molar-refractivity contribution in [2.45, 2.75) is 6.92 Å². The highest BCUT2D eigenvalue weighted by molar-refractivity contribution is 5.69. The molecule has 4 nitrogen and oxygen atoms in total. The van der Waals surface area contributed by atoms with E-state index in [2.05, 4.69) is 11.1 Å². The predicted molar refractivity (Wildman–Crippen MR) is 72.2 cm³/mol. The van der Waals surface area contributed by atoms with Gasteiger partial charge in [0, 0.05) is 5.56 Å². The molecule has 4 heteroatoms. The average Bonchev–Trinajstić information content (AvgIpc) is 2.46. The summed E-state index contributed by atoms with van der Waals surface area (Å²) < 4.78 is 10.6. The van der Waals surface area contributed by atoms with Crippen LogP contribution in [-0.2, 0) is 0 Å². The van der Waals surface area contributed by atoms with Gasteiger partial charge in [0.15, 0.2) is 0 Å². The third kappa shape index (κ3) is 2.50. The molecule has 0 radical (unpaired) electrons. The van der Waals surface area contributed by atoms with E-state index in [4.69, 9.17) is 14.7 Å². The number of hydrogen-bond donors (Lipinski definition) is 0. The summed E-state index contributed by atoms with van der Waals surface area (Å²) in [5.74, 6) is 1.46. The predicted octanol–water partition coefficient (Wildman–Crippen LogP) is 2.95. The van der Waals surface area contributed by atoms with Crippen molar-refractivity contribution < 1.29 is 9.47 Å². The molecule has 0 aliphatic rings. The van der Waals surface area contributed by atoms with Crippen molar-refractivity contribution in [3.8, 4) is 28.8 Å². The second-order valence-corrected chi connectivity index (χ2v) is 4.01. The molecule has 1 aromatic heterocycles. The summed E-state index contributed by atoms with van der Waals surface area (Å²) in [5, 5.41) is 8.93. The second kappa shape index (κ2) is 5.40. The first-order valence-corrected chi connectivity index (χ1v) is 5.79. The number of nitrogens with zero attached hydrogens (tertiary/aromatic N) is 2. The van der Waals surface area contributed by atoms with Gasteiger partial charge in [-0.1, -0.05) is 0 Å². The van der Waals surface area contributed by atoms with Gasteiger partial charge < -0.3 is 9.47 Å². The highest BCUT2D eigenvalue weighted by Gasteiger charge is 2.10. The first-order chi connectivity index (χ1) is 9.19. The van der Waals surface area contributed by atoms with Crippen molar-refractivity contribution >= 4 is 0 Å². The minimum atomic E-state index is 0.575. The molecule has 0 spiro atoms. The van der Waals surface area contributed by atoms with Crippen LogP contribution in [0.5, 0.6) is 11.5 Å². The fourth-order valence-electron chi connectivity index (χ4n) is 1.84. The molecular weight excluding hydrogens is 240 g/mol. The molecule has 0 saturated carbocycles. The first kappa shape index (κ1) is 12.9. The molecular formula is C15H14N2O2. The Labute approximate surface area is 112 Å². The lowest BCUT2D eigenvalue weighted by atomic mass is 10.1. The largest absolute Gasteiger partial charge is 0.497 e. The first-order valence-electron chi connectivity index (χ1n) is 5.79. The maximum atomic E-state index is 8.93. The van der Waals surface area contributed by atoms with Crippen molar-refractivity contribution in [3.05, 3.63) is 41.6 Å². The van der Waals surface area contributed by atoms with Crippen molar-refractivity contribution in [1.82, 2.24) is 4.98 Å². The fourth-order valence-corrected chi connectivity index (χ4v) is 1.84. The number of rotatable bonds is 3. The maximum absolute atomic E-state index is 8.93. The topological polar surface area (TPSA) is 55.1 Å². The molecule has 2 rings (SSSR count). The highest BCUT2D eigenvalue weighted by atomic mass is 16.5. The number of benzene rings is 1. The van der Waals surface area contributed by atoms with Crippen LogP contribution in [0.25, 0.3) is 11.3 Å². The molecule has 0 N–H and O–H groups in total. The average molecular weight is 254 g/mol. The third-order valence-electron chi connectivity index (χ3n) is 2.89. The van der Waals surface area contributed by atoms with Gasteiger partial charge in [-0.25, -0.2) is 0 Å². The van der Waals surface area contributed by atoms with Crippen molar-refractivity contribution in [2.24, 2.45) is 0 Å². The van der Waals surface area contributed by atoms with E-state index in [9.17, 15) is 0 Å². The van der Waals surface area contributed by atoms with Gasteiger partial charge in [-0.05, 0) is 37.3 Å². The molecule has 0 fully saturated rings. The lowest BCUT2D eigenvalue weighted by Gasteiger charge is -2.10. The van der Waals surface area contributed by atoms with Gasteiger partial charge in [0.25, 0.3) is 0 Å². The van der Waals surface area contributed by atoms with Crippen LogP contribution in [0.3, 0.4) is 0 Å². The zero-order chi connectivity index (χ0) is 13.8. The molecule has 96 valence electrons. The maximum Gasteiger partial charge on any atom is 0.128 e. The molecule has 0 amide bonds. The van der Waals surface area contributed by atoms with Gasteiger partial charge in [0.05, 0.1) is 31.2 Å². The zero-order valence-corrected chi connectivity index (χ0v) is 11.1. The zero-order valence-electron chi connectivity index (χ0n) is 11.1. The van der Waals surface area contributed by atoms with Crippen LogP contribution < -0.4 is 9.47 Å². The molecule has 0 bridgehead atoms. The van der Waals surface area contributed by atoms with E-state index in [1.165, 1.54) is 0 Å². The molecule has 1 aromatic carbocycles. The Morgan fingerprint density at radius 3 is 2.47 bits per heavy atom. The lowest BCUT2D eigenvalue weighted by Crippen LogP contribution is -1.95. The molecule has 1 heterocycles. The summed E-state index contributed by atoms with van der Waals surface area (Å²) in [6, 6.07) is 11.2. The van der Waals surface area contributed by atoms with Gasteiger partial charge >= 0.3 is 0 Å². The Balaban J connectivity index is 2.57. The van der Waals surface area contributed by atoms with E-state index >= 15 is 0 Å². The second-order valence-electron chi connectivity index (χ2n) is 4.01. The Kier molecular flexibility index (Phi) is 3.67. The number of hydrogen-bond acceptors (Lipinski definition) is 4. The van der Waals surface area contributed by atoms with Gasteiger partial charge in [0.2, 0.25) is 0 Å². The standard InChI is InChI=1S/C15H14N2O2/c1-10-11(9-16)4-6-14(17-10)13-8-12(18-2)5-7-15(13)19-3/h4-8H,1-3H3. The van der Waals surface area contributed by atoms with Crippen LogP contribution in [0.4, 0.5) is 0 Å². The third-order valence-corrected chi connectivity index (χ3v) is 2.89. The van der Waals surface area contributed by atoms with Crippen LogP contribution in [0, 0.1) is 18.3 Å². The van der Waals surface area contributed by atoms with E-state index < -0.39 is 0 Å². The quantitative estimate of drug-likeness (QED) is 0.845. The van der Waals surface area contributed by atoms with Crippen LogP contribution in [0.2, 0.25) is 0 Å². The van der Waals surface area contributed by atoms with Gasteiger partial charge in [0.1, 0.15) is 17.6 Å². The van der Waals surface area contributed by atoms with Crippen LogP contribution in [0.1, 0.15) is 11.3 Å². The minimum Gasteiger partial charge on any atom is -0.497 e.